The molecule has 4 heteroatoms. The Hall–Kier alpha value is -1.49. The molecule has 0 radical (unpaired) electrons. The lowest BCUT2D eigenvalue weighted by atomic mass is 10.0. The summed E-state index contributed by atoms with van der Waals surface area (Å²) in [6.07, 6.45) is 0. The molecule has 0 atom stereocenters. The minimum absolute atomic E-state index is 0.0464. The SMILES string of the molecule is CC(C)C(=O)c1ccc(-c2ccccc2CN2CCOCC2)s1. The lowest BCUT2D eigenvalue weighted by Crippen LogP contribution is -2.35. The van der Waals surface area contributed by atoms with Crippen LogP contribution in [0.25, 0.3) is 10.4 Å². The van der Waals surface area contributed by atoms with Gasteiger partial charge in [0.15, 0.2) is 5.78 Å². The van der Waals surface area contributed by atoms with Crippen molar-refractivity contribution in [3.63, 3.8) is 0 Å². The van der Waals surface area contributed by atoms with Crippen LogP contribution >= 0.6 is 11.3 Å². The highest BCUT2D eigenvalue weighted by molar-refractivity contribution is 7.17. The third kappa shape index (κ3) is 3.89. The van der Waals surface area contributed by atoms with Crippen molar-refractivity contribution in [1.29, 1.82) is 0 Å². The highest BCUT2D eigenvalue weighted by Gasteiger charge is 2.17. The van der Waals surface area contributed by atoms with Crippen LogP contribution in [-0.2, 0) is 11.3 Å². The summed E-state index contributed by atoms with van der Waals surface area (Å²) in [6.45, 7) is 8.43. The highest BCUT2D eigenvalue weighted by Crippen LogP contribution is 2.32. The summed E-state index contributed by atoms with van der Waals surface area (Å²) in [6, 6.07) is 12.6. The summed E-state index contributed by atoms with van der Waals surface area (Å²) in [7, 11) is 0. The van der Waals surface area contributed by atoms with E-state index in [4.69, 9.17) is 4.74 Å². The van der Waals surface area contributed by atoms with E-state index in [1.165, 1.54) is 16.0 Å². The first kappa shape index (κ1) is 16.4. The zero-order valence-electron chi connectivity index (χ0n) is 13.7. The quantitative estimate of drug-likeness (QED) is 0.774. The Morgan fingerprint density at radius 3 is 2.65 bits per heavy atom. The molecule has 0 N–H and O–H groups in total. The van der Waals surface area contributed by atoms with E-state index in [-0.39, 0.29) is 11.7 Å². The standard InChI is InChI=1S/C19H23NO2S/c1-14(2)19(21)18-8-7-17(23-18)16-6-4-3-5-15(16)13-20-9-11-22-12-10-20/h3-8,14H,9-13H2,1-2H3. The van der Waals surface area contributed by atoms with Crippen LogP contribution < -0.4 is 0 Å². The molecule has 1 aromatic heterocycles. The first-order valence-corrected chi connectivity index (χ1v) is 8.99. The number of Topliss-reactive ketones (excluding diaryl/α,β-unsaturated/α-hetero) is 1. The van der Waals surface area contributed by atoms with Gasteiger partial charge in [-0.05, 0) is 23.3 Å². The number of benzene rings is 1. The molecule has 1 aromatic carbocycles. The van der Waals surface area contributed by atoms with Gasteiger partial charge < -0.3 is 4.74 Å². The summed E-state index contributed by atoms with van der Waals surface area (Å²) in [5, 5.41) is 0. The number of nitrogens with zero attached hydrogens (tertiary/aromatic N) is 1. The fourth-order valence-corrected chi connectivity index (χ4v) is 3.95. The first-order valence-electron chi connectivity index (χ1n) is 8.17. The van der Waals surface area contributed by atoms with E-state index in [9.17, 15) is 4.79 Å². The average molecular weight is 329 g/mol. The summed E-state index contributed by atoms with van der Waals surface area (Å²) in [5.74, 6) is 0.275. The number of ether oxygens (including phenoxy) is 1. The lowest BCUT2D eigenvalue weighted by Gasteiger charge is -2.27. The van der Waals surface area contributed by atoms with E-state index in [1.54, 1.807) is 11.3 Å². The molecule has 0 amide bonds. The number of morpholine rings is 1. The van der Waals surface area contributed by atoms with Gasteiger partial charge in [0.2, 0.25) is 0 Å². The first-order chi connectivity index (χ1) is 11.1. The molecule has 0 aliphatic carbocycles. The largest absolute Gasteiger partial charge is 0.379 e. The van der Waals surface area contributed by atoms with Gasteiger partial charge in [0.05, 0.1) is 18.1 Å². The second-order valence-corrected chi connectivity index (χ2v) is 7.31. The van der Waals surface area contributed by atoms with Crippen molar-refractivity contribution < 1.29 is 9.53 Å². The molecule has 1 aliphatic rings. The molecule has 1 saturated heterocycles. The van der Waals surface area contributed by atoms with Crippen LogP contribution in [0.5, 0.6) is 0 Å². The Kier molecular flexibility index (Phi) is 5.26. The Labute approximate surface area is 141 Å². The van der Waals surface area contributed by atoms with E-state index in [2.05, 4.69) is 35.2 Å². The molecule has 23 heavy (non-hydrogen) atoms. The number of rotatable bonds is 5. The molecule has 3 rings (SSSR count). The molecule has 122 valence electrons. The average Bonchev–Trinajstić information content (AvgIpc) is 3.05. The van der Waals surface area contributed by atoms with E-state index < -0.39 is 0 Å². The molecule has 0 saturated carbocycles. The predicted molar refractivity (Wildman–Crippen MR) is 95.0 cm³/mol. The summed E-state index contributed by atoms with van der Waals surface area (Å²) < 4.78 is 5.43. The van der Waals surface area contributed by atoms with Crippen LogP contribution in [-0.4, -0.2) is 37.0 Å². The normalized spacial score (nSPS) is 16.0. The van der Waals surface area contributed by atoms with Crippen molar-refractivity contribution >= 4 is 17.1 Å². The minimum Gasteiger partial charge on any atom is -0.379 e. The van der Waals surface area contributed by atoms with Crippen molar-refractivity contribution in [2.75, 3.05) is 26.3 Å². The molecular weight excluding hydrogens is 306 g/mol. The van der Waals surface area contributed by atoms with Crippen LogP contribution in [0, 0.1) is 5.92 Å². The maximum absolute atomic E-state index is 12.2. The number of hydrogen-bond donors (Lipinski definition) is 0. The molecule has 2 aromatic rings. The molecule has 3 nitrogen and oxygen atoms in total. The molecule has 1 aliphatic heterocycles. The van der Waals surface area contributed by atoms with Crippen LogP contribution in [0.4, 0.5) is 0 Å². The van der Waals surface area contributed by atoms with Crippen LogP contribution in [0.15, 0.2) is 36.4 Å². The fraction of sp³-hybridized carbons (Fsp3) is 0.421. The van der Waals surface area contributed by atoms with Crippen molar-refractivity contribution in [2.45, 2.75) is 20.4 Å². The molecular formula is C19H23NO2S. The lowest BCUT2D eigenvalue weighted by molar-refractivity contribution is 0.0342. The van der Waals surface area contributed by atoms with Crippen LogP contribution in [0.2, 0.25) is 0 Å². The zero-order chi connectivity index (χ0) is 16.2. The highest BCUT2D eigenvalue weighted by atomic mass is 32.1. The van der Waals surface area contributed by atoms with E-state index in [1.807, 2.05) is 19.9 Å². The third-order valence-electron chi connectivity index (χ3n) is 4.15. The number of ketones is 1. The zero-order valence-corrected chi connectivity index (χ0v) is 14.6. The van der Waals surface area contributed by atoms with Crippen molar-refractivity contribution in [3.05, 3.63) is 46.8 Å². The molecule has 2 heterocycles. The third-order valence-corrected chi connectivity index (χ3v) is 5.29. The number of carbonyl (C=O) groups excluding carboxylic acids is 1. The van der Waals surface area contributed by atoms with Gasteiger partial charge in [0.25, 0.3) is 0 Å². The Morgan fingerprint density at radius 1 is 1.17 bits per heavy atom. The Balaban J connectivity index is 1.84. The van der Waals surface area contributed by atoms with Gasteiger partial charge in [-0.15, -0.1) is 11.3 Å². The van der Waals surface area contributed by atoms with Gasteiger partial charge in [-0.25, -0.2) is 0 Å². The Morgan fingerprint density at radius 2 is 1.91 bits per heavy atom. The topological polar surface area (TPSA) is 29.5 Å². The van der Waals surface area contributed by atoms with Gasteiger partial charge in [-0.2, -0.15) is 0 Å². The second-order valence-electron chi connectivity index (χ2n) is 6.23. The van der Waals surface area contributed by atoms with Gasteiger partial charge in [0, 0.05) is 30.4 Å². The molecule has 1 fully saturated rings. The van der Waals surface area contributed by atoms with Gasteiger partial charge in [-0.1, -0.05) is 38.1 Å². The molecule has 0 bridgehead atoms. The maximum Gasteiger partial charge on any atom is 0.175 e. The Bertz CT molecular complexity index is 672. The van der Waals surface area contributed by atoms with Crippen molar-refractivity contribution in [1.82, 2.24) is 4.90 Å². The van der Waals surface area contributed by atoms with E-state index in [0.29, 0.717) is 0 Å². The van der Waals surface area contributed by atoms with E-state index >= 15 is 0 Å². The van der Waals surface area contributed by atoms with Crippen LogP contribution in [0.3, 0.4) is 0 Å². The number of hydrogen-bond acceptors (Lipinski definition) is 4. The van der Waals surface area contributed by atoms with Crippen LogP contribution in [0.1, 0.15) is 29.1 Å². The smallest absolute Gasteiger partial charge is 0.175 e. The van der Waals surface area contributed by atoms with Gasteiger partial charge in [0.1, 0.15) is 0 Å². The predicted octanol–water partition coefficient (Wildman–Crippen LogP) is 4.09. The number of carbonyl (C=O) groups is 1. The van der Waals surface area contributed by atoms with Gasteiger partial charge in [-0.3, -0.25) is 9.69 Å². The second kappa shape index (κ2) is 7.39. The maximum atomic E-state index is 12.2. The molecule has 0 spiro atoms. The molecule has 0 unspecified atom stereocenters. The summed E-state index contributed by atoms with van der Waals surface area (Å²) in [4.78, 5) is 16.6. The van der Waals surface area contributed by atoms with Crippen molar-refractivity contribution in [2.24, 2.45) is 5.92 Å². The van der Waals surface area contributed by atoms with Gasteiger partial charge >= 0.3 is 0 Å². The van der Waals surface area contributed by atoms with E-state index in [0.717, 1.165) is 37.7 Å². The summed E-state index contributed by atoms with van der Waals surface area (Å²) >= 11 is 1.61. The fourth-order valence-electron chi connectivity index (χ4n) is 2.80. The summed E-state index contributed by atoms with van der Waals surface area (Å²) in [5.41, 5.74) is 2.56. The number of thiophene rings is 1. The monoisotopic (exact) mass is 329 g/mol. The minimum atomic E-state index is 0.0464. The van der Waals surface area contributed by atoms with Crippen molar-refractivity contribution in [3.8, 4) is 10.4 Å².